The van der Waals surface area contributed by atoms with Gasteiger partial charge in [0.1, 0.15) is 5.75 Å². The highest BCUT2D eigenvalue weighted by molar-refractivity contribution is 8.18. The highest BCUT2D eigenvalue weighted by Crippen LogP contribution is 2.40. The Bertz CT molecular complexity index is 1800. The number of hydrogen-bond donors (Lipinski definition) is 1. The van der Waals surface area contributed by atoms with E-state index in [0.29, 0.717) is 38.2 Å². The van der Waals surface area contributed by atoms with Gasteiger partial charge in [-0.25, -0.2) is 9.98 Å². The molecule has 1 fully saturated rings. The maximum absolute atomic E-state index is 12.6. The van der Waals surface area contributed by atoms with Crippen molar-refractivity contribution in [1.29, 1.82) is 0 Å². The monoisotopic (exact) mass is 607 g/mol. The van der Waals surface area contributed by atoms with Crippen molar-refractivity contribution >= 4 is 79.3 Å². The molecule has 0 aliphatic carbocycles. The summed E-state index contributed by atoms with van der Waals surface area (Å²) in [5.74, 6) is 0.315. The average Bonchev–Trinajstić information content (AvgIpc) is 3.48. The lowest BCUT2D eigenvalue weighted by molar-refractivity contribution is -0.387. The summed E-state index contributed by atoms with van der Waals surface area (Å²) in [5, 5.41) is 26.2. The molecule has 14 heteroatoms. The molecule has 2 heterocycles. The third-order valence-corrected chi connectivity index (χ3v) is 9.08. The minimum atomic E-state index is -0.471. The van der Waals surface area contributed by atoms with Gasteiger partial charge in [-0.05, 0) is 80.1 Å². The number of ether oxygens (including phenoxy) is 1. The average molecular weight is 608 g/mol. The minimum Gasteiger partial charge on any atom is -0.494 e. The molecule has 1 amide bonds. The van der Waals surface area contributed by atoms with E-state index in [0.717, 1.165) is 27.7 Å². The fourth-order valence-corrected chi connectivity index (χ4v) is 6.94. The molecule has 41 heavy (non-hydrogen) atoms. The van der Waals surface area contributed by atoms with Crippen molar-refractivity contribution < 1.29 is 19.4 Å². The van der Waals surface area contributed by atoms with Crippen LogP contribution in [-0.2, 0) is 4.79 Å². The first-order valence-electron chi connectivity index (χ1n) is 12.2. The molecule has 0 unspecified atom stereocenters. The number of hydrogen-bond acceptors (Lipinski definition) is 11. The van der Waals surface area contributed by atoms with Gasteiger partial charge in [0.05, 0.1) is 42.2 Å². The summed E-state index contributed by atoms with van der Waals surface area (Å²) < 4.78 is 7.11. The SMILES string of the molecule is CCOc1ccc2nc(Sc3ccc(/C=C4\SC(=Nc5cc(C)c(C)c([N+](=O)[O-])c5)NC4=O)cc3[N+](=O)[O-])sc2c1. The first kappa shape index (κ1) is 28.3. The number of carbonyl (C=O) groups is 1. The molecular formula is C27H21N5O6S3. The molecule has 11 nitrogen and oxygen atoms in total. The zero-order valence-corrected chi connectivity index (χ0v) is 24.3. The Hall–Kier alpha value is -4.27. The van der Waals surface area contributed by atoms with E-state index in [4.69, 9.17) is 4.74 Å². The molecule has 0 spiro atoms. The topological polar surface area (TPSA) is 150 Å². The van der Waals surface area contributed by atoms with E-state index in [1.54, 1.807) is 38.1 Å². The molecule has 208 valence electrons. The number of nitrogens with one attached hydrogen (secondary N) is 1. The Kier molecular flexibility index (Phi) is 8.06. The highest BCUT2D eigenvalue weighted by Gasteiger charge is 2.25. The number of carbonyl (C=O) groups excluding carboxylic acids is 1. The van der Waals surface area contributed by atoms with Crippen molar-refractivity contribution in [2.45, 2.75) is 30.0 Å². The van der Waals surface area contributed by atoms with Crippen LogP contribution in [-0.4, -0.2) is 32.5 Å². The van der Waals surface area contributed by atoms with E-state index in [-0.39, 0.29) is 21.4 Å². The highest BCUT2D eigenvalue weighted by atomic mass is 32.2. The number of benzene rings is 3. The van der Waals surface area contributed by atoms with Crippen molar-refractivity contribution in [3.8, 4) is 5.75 Å². The predicted molar refractivity (Wildman–Crippen MR) is 161 cm³/mol. The lowest BCUT2D eigenvalue weighted by Gasteiger charge is -2.04. The predicted octanol–water partition coefficient (Wildman–Crippen LogP) is 7.17. The van der Waals surface area contributed by atoms with Gasteiger partial charge in [0.15, 0.2) is 9.51 Å². The second-order valence-electron chi connectivity index (χ2n) is 8.77. The van der Waals surface area contributed by atoms with Gasteiger partial charge < -0.3 is 10.1 Å². The Morgan fingerprint density at radius 1 is 1.07 bits per heavy atom. The Balaban J connectivity index is 1.38. The largest absolute Gasteiger partial charge is 0.494 e. The first-order chi connectivity index (χ1) is 19.6. The number of nitro benzene ring substituents is 2. The molecule has 1 N–H and O–H groups in total. The van der Waals surface area contributed by atoms with E-state index in [2.05, 4.69) is 15.3 Å². The van der Waals surface area contributed by atoms with Crippen LogP contribution in [0.25, 0.3) is 16.3 Å². The molecule has 4 aromatic rings. The zero-order chi connectivity index (χ0) is 29.3. The molecular weight excluding hydrogens is 587 g/mol. The van der Waals surface area contributed by atoms with Gasteiger partial charge in [-0.3, -0.25) is 25.0 Å². The summed E-state index contributed by atoms with van der Waals surface area (Å²) in [6, 6.07) is 13.4. The number of aliphatic imine (C=N–C) groups is 1. The molecule has 0 saturated carbocycles. The fourth-order valence-electron chi connectivity index (χ4n) is 3.96. The molecule has 1 aliphatic rings. The Labute approximate surface area is 246 Å². The number of thioether (sulfide) groups is 1. The maximum atomic E-state index is 12.6. The van der Waals surface area contributed by atoms with Crippen LogP contribution < -0.4 is 10.1 Å². The smallest absolute Gasteiger partial charge is 0.283 e. The molecule has 1 saturated heterocycles. The normalized spacial score (nSPS) is 15.0. The van der Waals surface area contributed by atoms with E-state index in [1.807, 2.05) is 25.1 Å². The third kappa shape index (κ3) is 6.24. The number of nitro groups is 2. The van der Waals surface area contributed by atoms with Gasteiger partial charge >= 0.3 is 0 Å². The van der Waals surface area contributed by atoms with Crippen LogP contribution in [0.1, 0.15) is 23.6 Å². The van der Waals surface area contributed by atoms with Gasteiger partial charge in [-0.15, -0.1) is 11.3 Å². The summed E-state index contributed by atoms with van der Waals surface area (Å²) in [5.41, 5.74) is 2.67. The molecule has 0 radical (unpaired) electrons. The Morgan fingerprint density at radius 3 is 2.59 bits per heavy atom. The van der Waals surface area contributed by atoms with Crippen molar-refractivity contribution in [1.82, 2.24) is 10.3 Å². The van der Waals surface area contributed by atoms with Gasteiger partial charge in [0.25, 0.3) is 17.3 Å². The standard InChI is InChI=1S/C27H21N5O6S3/c1-4-38-18-6-7-19-23(13-18)41-27(29-19)40-22-8-5-16(10-21(22)32(36)37)11-24-25(33)30-26(39-24)28-17-9-14(2)15(3)20(12-17)31(34)35/h5-13H,4H2,1-3H3,(H,28,30,33)/b24-11-. The number of amidine groups is 1. The fraction of sp³-hybridized carbons (Fsp3) is 0.148. The molecule has 3 aromatic carbocycles. The lowest BCUT2D eigenvalue weighted by Crippen LogP contribution is -2.19. The minimum absolute atomic E-state index is 0.0548. The van der Waals surface area contributed by atoms with E-state index < -0.39 is 15.8 Å². The van der Waals surface area contributed by atoms with Crippen LogP contribution in [0.3, 0.4) is 0 Å². The van der Waals surface area contributed by atoms with Crippen LogP contribution >= 0.6 is 34.9 Å². The van der Waals surface area contributed by atoms with Crippen LogP contribution in [0.2, 0.25) is 0 Å². The van der Waals surface area contributed by atoms with E-state index in [1.165, 1.54) is 35.2 Å². The first-order valence-corrected chi connectivity index (χ1v) is 14.6. The summed E-state index contributed by atoms with van der Waals surface area (Å²) in [7, 11) is 0. The second-order valence-corrected chi connectivity index (χ2v) is 12.1. The van der Waals surface area contributed by atoms with Gasteiger partial charge in [-0.2, -0.15) is 0 Å². The number of thiazole rings is 1. The van der Waals surface area contributed by atoms with Gasteiger partial charge in [0, 0.05) is 17.7 Å². The van der Waals surface area contributed by atoms with Gasteiger partial charge in [-0.1, -0.05) is 17.8 Å². The summed E-state index contributed by atoms with van der Waals surface area (Å²) >= 11 is 3.67. The van der Waals surface area contributed by atoms with Crippen LogP contribution in [0.5, 0.6) is 5.75 Å². The number of rotatable bonds is 8. The molecule has 0 bridgehead atoms. The number of aromatic nitrogens is 1. The summed E-state index contributed by atoms with van der Waals surface area (Å²) in [6.45, 7) is 5.87. The van der Waals surface area contributed by atoms with E-state index >= 15 is 0 Å². The van der Waals surface area contributed by atoms with Crippen LogP contribution in [0, 0.1) is 34.1 Å². The molecule has 1 aromatic heterocycles. The number of amides is 1. The quantitative estimate of drug-likeness (QED) is 0.125. The van der Waals surface area contributed by atoms with Crippen LogP contribution in [0.4, 0.5) is 17.1 Å². The van der Waals surface area contributed by atoms with Crippen molar-refractivity contribution in [2.24, 2.45) is 4.99 Å². The summed E-state index contributed by atoms with van der Waals surface area (Å²) in [4.78, 5) is 44.6. The van der Waals surface area contributed by atoms with Crippen molar-refractivity contribution in [3.63, 3.8) is 0 Å². The molecule has 1 aliphatic heterocycles. The Morgan fingerprint density at radius 2 is 1.85 bits per heavy atom. The number of nitrogens with zero attached hydrogens (tertiary/aromatic N) is 4. The third-order valence-electron chi connectivity index (χ3n) is 6.03. The van der Waals surface area contributed by atoms with E-state index in [9.17, 15) is 25.0 Å². The molecule has 5 rings (SSSR count). The maximum Gasteiger partial charge on any atom is 0.283 e. The number of aryl methyl sites for hydroxylation is 1. The van der Waals surface area contributed by atoms with Crippen LogP contribution in [0.15, 0.2) is 67.7 Å². The number of fused-ring (bicyclic) bond motifs is 1. The lowest BCUT2D eigenvalue weighted by atomic mass is 10.1. The summed E-state index contributed by atoms with van der Waals surface area (Å²) in [6.07, 6.45) is 1.54. The zero-order valence-electron chi connectivity index (χ0n) is 21.9. The second kappa shape index (κ2) is 11.7. The molecule has 0 atom stereocenters. The van der Waals surface area contributed by atoms with Gasteiger partial charge in [0.2, 0.25) is 0 Å². The van der Waals surface area contributed by atoms with Crippen molar-refractivity contribution in [2.75, 3.05) is 6.61 Å². The van der Waals surface area contributed by atoms with Crippen molar-refractivity contribution in [3.05, 3.63) is 90.4 Å².